The van der Waals surface area contributed by atoms with Crippen LogP contribution in [0, 0.1) is 6.92 Å². The summed E-state index contributed by atoms with van der Waals surface area (Å²) in [5, 5.41) is 0. The van der Waals surface area contributed by atoms with Crippen molar-refractivity contribution in [2.45, 2.75) is 32.9 Å². The zero-order chi connectivity index (χ0) is 16.9. The molecule has 1 aromatic rings. The molecule has 2 rings (SSSR count). The van der Waals surface area contributed by atoms with Crippen LogP contribution >= 0.6 is 0 Å². The van der Waals surface area contributed by atoms with Gasteiger partial charge in [0.2, 0.25) is 0 Å². The monoisotopic (exact) mass is 341 g/mol. The number of rotatable bonds is 7. The Morgan fingerprint density at radius 1 is 1.17 bits per heavy atom. The number of morpholine rings is 1. The van der Waals surface area contributed by atoms with Gasteiger partial charge in [0.15, 0.2) is 0 Å². The third-order valence-corrected chi connectivity index (χ3v) is 5.13. The molecule has 0 spiro atoms. The summed E-state index contributed by atoms with van der Waals surface area (Å²) < 4.78 is 34.7. The minimum absolute atomic E-state index is 0.00300. The molecule has 0 radical (unpaired) electrons. The van der Waals surface area contributed by atoms with Crippen LogP contribution in [0.1, 0.15) is 31.0 Å². The molecule has 6 nitrogen and oxygen atoms in total. The highest BCUT2D eigenvalue weighted by Gasteiger charge is 2.24. The van der Waals surface area contributed by atoms with E-state index in [4.69, 9.17) is 4.74 Å². The molecule has 1 saturated heterocycles. The lowest BCUT2D eigenvalue weighted by atomic mass is 10.0. The molecule has 1 aromatic carbocycles. The molecule has 2 N–H and O–H groups in total. The SMILES string of the molecule is Cc1ccc(C(CNS(=O)(=O)NC(C)C)N2CCOCC2)cc1. The summed E-state index contributed by atoms with van der Waals surface area (Å²) in [6, 6.07) is 8.13. The second-order valence-corrected chi connectivity index (χ2v) is 7.73. The van der Waals surface area contributed by atoms with E-state index < -0.39 is 10.2 Å². The summed E-state index contributed by atoms with van der Waals surface area (Å²) in [5.41, 5.74) is 2.31. The third-order valence-electron chi connectivity index (χ3n) is 3.81. The van der Waals surface area contributed by atoms with Gasteiger partial charge in [-0.15, -0.1) is 0 Å². The van der Waals surface area contributed by atoms with Crippen LogP contribution < -0.4 is 9.44 Å². The molecule has 130 valence electrons. The predicted molar refractivity (Wildman–Crippen MR) is 91.5 cm³/mol. The van der Waals surface area contributed by atoms with Crippen LogP contribution in [0.5, 0.6) is 0 Å². The van der Waals surface area contributed by atoms with Crippen molar-refractivity contribution in [3.63, 3.8) is 0 Å². The Bertz CT molecular complexity index is 581. The van der Waals surface area contributed by atoms with Crippen LogP contribution in [0.2, 0.25) is 0 Å². The van der Waals surface area contributed by atoms with Gasteiger partial charge in [0.25, 0.3) is 10.2 Å². The summed E-state index contributed by atoms with van der Waals surface area (Å²) in [5.74, 6) is 0. The van der Waals surface area contributed by atoms with Crippen molar-refractivity contribution >= 4 is 10.2 Å². The van der Waals surface area contributed by atoms with E-state index in [0.717, 1.165) is 18.7 Å². The van der Waals surface area contributed by atoms with Gasteiger partial charge in [-0.3, -0.25) is 4.90 Å². The van der Waals surface area contributed by atoms with E-state index >= 15 is 0 Å². The molecule has 1 unspecified atom stereocenters. The fraction of sp³-hybridized carbons (Fsp3) is 0.625. The molecule has 1 aliphatic heterocycles. The predicted octanol–water partition coefficient (Wildman–Crippen LogP) is 1.20. The lowest BCUT2D eigenvalue weighted by molar-refractivity contribution is 0.0172. The summed E-state index contributed by atoms with van der Waals surface area (Å²) in [7, 11) is -3.49. The van der Waals surface area contributed by atoms with Crippen molar-refractivity contribution in [1.82, 2.24) is 14.3 Å². The first kappa shape index (κ1) is 18.4. The van der Waals surface area contributed by atoms with E-state index in [1.807, 2.05) is 6.92 Å². The average Bonchev–Trinajstić information content (AvgIpc) is 2.49. The van der Waals surface area contributed by atoms with Crippen LogP contribution in [0.3, 0.4) is 0 Å². The van der Waals surface area contributed by atoms with Crippen molar-refractivity contribution < 1.29 is 13.2 Å². The molecular weight excluding hydrogens is 314 g/mol. The fourth-order valence-corrected chi connectivity index (χ4v) is 3.76. The van der Waals surface area contributed by atoms with Crippen molar-refractivity contribution in [3.8, 4) is 0 Å². The zero-order valence-electron chi connectivity index (χ0n) is 14.1. The smallest absolute Gasteiger partial charge is 0.277 e. The normalized spacial score (nSPS) is 18.3. The maximum atomic E-state index is 12.0. The Morgan fingerprint density at radius 2 is 1.78 bits per heavy atom. The standard InChI is InChI=1S/C16H27N3O3S/c1-13(2)18-23(20,21)17-12-16(19-8-10-22-11-9-19)15-6-4-14(3)5-7-15/h4-7,13,16-18H,8-12H2,1-3H3. The van der Waals surface area contributed by atoms with Crippen molar-refractivity contribution in [2.24, 2.45) is 0 Å². The molecule has 0 aromatic heterocycles. The zero-order valence-corrected chi connectivity index (χ0v) is 14.9. The number of nitrogens with zero attached hydrogens (tertiary/aromatic N) is 1. The van der Waals surface area contributed by atoms with E-state index in [-0.39, 0.29) is 12.1 Å². The highest BCUT2D eigenvalue weighted by molar-refractivity contribution is 7.87. The highest BCUT2D eigenvalue weighted by Crippen LogP contribution is 2.22. The van der Waals surface area contributed by atoms with E-state index in [2.05, 4.69) is 38.6 Å². The van der Waals surface area contributed by atoms with Crippen LogP contribution in [0.25, 0.3) is 0 Å². The van der Waals surface area contributed by atoms with E-state index in [1.54, 1.807) is 13.8 Å². The Morgan fingerprint density at radius 3 is 2.35 bits per heavy atom. The second-order valence-electron chi connectivity index (χ2n) is 6.20. The van der Waals surface area contributed by atoms with Gasteiger partial charge in [-0.1, -0.05) is 29.8 Å². The molecule has 23 heavy (non-hydrogen) atoms. The lowest BCUT2D eigenvalue weighted by Crippen LogP contribution is -2.47. The topological polar surface area (TPSA) is 70.7 Å². The Hall–Kier alpha value is -0.990. The van der Waals surface area contributed by atoms with E-state index in [0.29, 0.717) is 19.8 Å². The molecule has 0 aliphatic carbocycles. The van der Waals surface area contributed by atoms with Crippen LogP contribution in [0.15, 0.2) is 24.3 Å². The molecule has 0 amide bonds. The summed E-state index contributed by atoms with van der Waals surface area (Å²) in [4.78, 5) is 2.27. The van der Waals surface area contributed by atoms with Crippen molar-refractivity contribution in [1.29, 1.82) is 0 Å². The number of nitrogens with one attached hydrogen (secondary N) is 2. The van der Waals surface area contributed by atoms with Gasteiger partial charge in [-0.25, -0.2) is 4.72 Å². The number of ether oxygens (including phenoxy) is 1. The Balaban J connectivity index is 2.11. The quantitative estimate of drug-likeness (QED) is 0.782. The maximum absolute atomic E-state index is 12.0. The van der Waals surface area contributed by atoms with Crippen molar-refractivity contribution in [2.75, 3.05) is 32.8 Å². The average molecular weight is 341 g/mol. The maximum Gasteiger partial charge on any atom is 0.277 e. The van der Waals surface area contributed by atoms with Gasteiger partial charge >= 0.3 is 0 Å². The lowest BCUT2D eigenvalue weighted by Gasteiger charge is -2.35. The largest absolute Gasteiger partial charge is 0.379 e. The van der Waals surface area contributed by atoms with Gasteiger partial charge in [0, 0.05) is 31.7 Å². The minimum atomic E-state index is -3.49. The molecule has 1 fully saturated rings. The van der Waals surface area contributed by atoms with Crippen molar-refractivity contribution in [3.05, 3.63) is 35.4 Å². The minimum Gasteiger partial charge on any atom is -0.379 e. The molecular formula is C16H27N3O3S. The van der Waals surface area contributed by atoms with Gasteiger partial charge < -0.3 is 4.74 Å². The first-order valence-electron chi connectivity index (χ1n) is 8.02. The number of hydrogen-bond donors (Lipinski definition) is 2. The third kappa shape index (κ3) is 5.86. The van der Waals surface area contributed by atoms with Crippen LogP contribution in [0.4, 0.5) is 0 Å². The van der Waals surface area contributed by atoms with E-state index in [9.17, 15) is 8.42 Å². The number of aryl methyl sites for hydroxylation is 1. The van der Waals surface area contributed by atoms with Gasteiger partial charge in [-0.2, -0.15) is 13.1 Å². The Kier molecular flexibility index (Phi) is 6.55. The van der Waals surface area contributed by atoms with E-state index in [1.165, 1.54) is 5.56 Å². The summed E-state index contributed by atoms with van der Waals surface area (Å²) >= 11 is 0. The fourth-order valence-electron chi connectivity index (χ4n) is 2.68. The molecule has 1 atom stereocenters. The summed E-state index contributed by atoms with van der Waals surface area (Å²) in [6.07, 6.45) is 0. The van der Waals surface area contributed by atoms with Crippen LogP contribution in [-0.4, -0.2) is 52.2 Å². The number of benzene rings is 1. The first-order chi connectivity index (χ1) is 10.9. The molecule has 7 heteroatoms. The van der Waals surface area contributed by atoms with Crippen LogP contribution in [-0.2, 0) is 14.9 Å². The first-order valence-corrected chi connectivity index (χ1v) is 9.51. The molecule has 0 saturated carbocycles. The highest BCUT2D eigenvalue weighted by atomic mass is 32.2. The van der Waals surface area contributed by atoms with Gasteiger partial charge in [0.05, 0.1) is 13.2 Å². The van der Waals surface area contributed by atoms with Gasteiger partial charge in [0.1, 0.15) is 0 Å². The number of hydrogen-bond acceptors (Lipinski definition) is 4. The molecule has 1 aliphatic rings. The molecule has 0 bridgehead atoms. The second kappa shape index (κ2) is 8.21. The van der Waals surface area contributed by atoms with Gasteiger partial charge in [-0.05, 0) is 26.3 Å². The molecule has 1 heterocycles. The summed E-state index contributed by atoms with van der Waals surface area (Å²) in [6.45, 7) is 8.96. The Labute approximate surface area is 139 Å².